The summed E-state index contributed by atoms with van der Waals surface area (Å²) < 4.78 is 5.82. The van der Waals surface area contributed by atoms with Gasteiger partial charge in [-0.3, -0.25) is 9.59 Å². The molecule has 5 N–H and O–H groups in total. The van der Waals surface area contributed by atoms with E-state index in [1.165, 1.54) is 0 Å². The first-order chi connectivity index (χ1) is 13.0. The maximum atomic E-state index is 8.36. The van der Waals surface area contributed by atoms with E-state index in [2.05, 4.69) is 36.8 Å². The van der Waals surface area contributed by atoms with E-state index in [1.54, 1.807) is 6.33 Å². The third kappa shape index (κ3) is 5.01. The van der Waals surface area contributed by atoms with Crippen LogP contribution in [0.1, 0.15) is 0 Å². The van der Waals surface area contributed by atoms with Gasteiger partial charge in [0.25, 0.3) is 12.9 Å². The zero-order valence-corrected chi connectivity index (χ0v) is 14.9. The minimum absolute atomic E-state index is 0.250. The molecule has 2 aromatic heterocycles. The van der Waals surface area contributed by atoms with E-state index < -0.39 is 0 Å². The van der Waals surface area contributed by atoms with Gasteiger partial charge in [0.1, 0.15) is 5.52 Å². The number of aromatic amines is 1. The highest BCUT2D eigenvalue weighted by molar-refractivity contribution is 5.84. The number of imidazole rings is 1. The van der Waals surface area contributed by atoms with Crippen LogP contribution in [0.3, 0.4) is 0 Å². The lowest BCUT2D eigenvalue weighted by atomic mass is 10.1. The average Bonchev–Trinajstić information content (AvgIpc) is 2.89. The predicted molar refractivity (Wildman–Crippen MR) is 96.4 cm³/mol. The van der Waals surface area contributed by atoms with E-state index in [0.29, 0.717) is 18.2 Å². The molecule has 2 aliphatic heterocycles. The third-order valence-electron chi connectivity index (χ3n) is 4.21. The third-order valence-corrected chi connectivity index (χ3v) is 4.21. The molecule has 2 fully saturated rings. The number of carbonyl (C=O) groups is 2. The Hall–Kier alpha value is -2.99. The van der Waals surface area contributed by atoms with Gasteiger partial charge in [-0.15, -0.1) is 0 Å². The van der Waals surface area contributed by atoms with E-state index in [4.69, 9.17) is 30.3 Å². The van der Waals surface area contributed by atoms with E-state index in [1.807, 2.05) is 0 Å². The van der Waals surface area contributed by atoms with Crippen molar-refractivity contribution >= 4 is 35.9 Å². The molecule has 0 radical (unpaired) electrons. The molecule has 2 atom stereocenters. The van der Waals surface area contributed by atoms with Gasteiger partial charge in [-0.25, -0.2) is 4.98 Å². The van der Waals surface area contributed by atoms with Gasteiger partial charge in [-0.1, -0.05) is 0 Å². The number of fused-ring (bicyclic) bond motifs is 4. The Balaban J connectivity index is 0.000000389. The van der Waals surface area contributed by atoms with E-state index >= 15 is 0 Å². The lowest BCUT2D eigenvalue weighted by molar-refractivity contribution is -0.123. The zero-order chi connectivity index (χ0) is 19.8. The quantitative estimate of drug-likeness (QED) is 0.451. The molecule has 0 amide bonds. The van der Waals surface area contributed by atoms with Gasteiger partial charge in [-0.05, 0) is 7.05 Å². The molecule has 0 spiro atoms. The molecule has 2 saturated heterocycles. The fourth-order valence-electron chi connectivity index (χ4n) is 3.38. The molecule has 12 nitrogen and oxygen atoms in total. The summed E-state index contributed by atoms with van der Waals surface area (Å²) in [6.45, 7) is 3.92. The topological polar surface area (TPSA) is 171 Å². The lowest BCUT2D eigenvalue weighted by Crippen LogP contribution is -2.43. The Morgan fingerprint density at radius 1 is 1.22 bits per heavy atom. The molecule has 4 heterocycles. The summed E-state index contributed by atoms with van der Waals surface area (Å²) in [7, 11) is 2.16. The second-order valence-electron chi connectivity index (χ2n) is 6.15. The van der Waals surface area contributed by atoms with Crippen molar-refractivity contribution in [1.29, 1.82) is 0 Å². The van der Waals surface area contributed by atoms with Crippen LogP contribution < -0.4 is 10.6 Å². The zero-order valence-electron chi connectivity index (χ0n) is 14.9. The van der Waals surface area contributed by atoms with Crippen LogP contribution in [-0.2, 0) is 14.3 Å². The highest BCUT2D eigenvalue weighted by atomic mass is 16.5. The number of ether oxygens (including phenoxy) is 1. The van der Waals surface area contributed by atoms with Crippen molar-refractivity contribution in [2.45, 2.75) is 6.04 Å². The molecule has 148 valence electrons. The van der Waals surface area contributed by atoms with Crippen molar-refractivity contribution < 1.29 is 24.5 Å². The van der Waals surface area contributed by atoms with Gasteiger partial charge in [0.15, 0.2) is 11.5 Å². The van der Waals surface area contributed by atoms with Crippen LogP contribution in [0, 0.1) is 5.92 Å². The minimum Gasteiger partial charge on any atom is -0.483 e. The van der Waals surface area contributed by atoms with Gasteiger partial charge in [-0.2, -0.15) is 9.97 Å². The fourth-order valence-corrected chi connectivity index (χ4v) is 3.38. The SMILES string of the molecule is CN1C[C@@H]2COC[C@H](C1)N(c1nc(N)nc3nc[nH]c13)C2.O=CO.O=CO. The molecule has 2 aromatic rings. The van der Waals surface area contributed by atoms with Crippen LogP contribution in [0.15, 0.2) is 6.33 Å². The smallest absolute Gasteiger partial charge is 0.290 e. The Kier molecular flexibility index (Phi) is 7.25. The molecule has 0 aromatic carbocycles. The van der Waals surface area contributed by atoms with Crippen LogP contribution in [-0.4, -0.2) is 93.9 Å². The summed E-state index contributed by atoms with van der Waals surface area (Å²) in [5.74, 6) is 1.57. The molecule has 0 saturated carbocycles. The second-order valence-corrected chi connectivity index (χ2v) is 6.15. The molecule has 0 aliphatic carbocycles. The van der Waals surface area contributed by atoms with Gasteiger partial charge in [0.2, 0.25) is 5.95 Å². The average molecular weight is 381 g/mol. The normalized spacial score (nSPS) is 21.9. The maximum absolute atomic E-state index is 8.36. The largest absolute Gasteiger partial charge is 0.483 e. The number of likely N-dealkylation sites (N-methyl/N-ethyl adjacent to an activating group) is 1. The molecular weight excluding hydrogens is 358 g/mol. The van der Waals surface area contributed by atoms with Crippen molar-refractivity contribution in [3.8, 4) is 0 Å². The number of carboxylic acid groups (broad SMARTS) is 2. The molecule has 4 rings (SSSR count). The maximum Gasteiger partial charge on any atom is 0.290 e. The highest BCUT2D eigenvalue weighted by Crippen LogP contribution is 2.28. The molecule has 27 heavy (non-hydrogen) atoms. The number of anilines is 2. The Bertz CT molecular complexity index is 749. The Morgan fingerprint density at radius 3 is 2.63 bits per heavy atom. The number of nitrogen functional groups attached to an aromatic ring is 1. The fraction of sp³-hybridized carbons (Fsp3) is 0.533. The second kappa shape index (κ2) is 9.64. The first-order valence-electron chi connectivity index (χ1n) is 8.19. The van der Waals surface area contributed by atoms with Crippen molar-refractivity contribution in [3.05, 3.63) is 6.33 Å². The number of nitrogens with zero attached hydrogens (tertiary/aromatic N) is 5. The number of hydrogen-bond donors (Lipinski definition) is 4. The van der Waals surface area contributed by atoms with Crippen molar-refractivity contribution in [2.75, 3.05) is 50.5 Å². The first kappa shape index (κ1) is 20.3. The van der Waals surface area contributed by atoms with Crippen LogP contribution in [0.25, 0.3) is 11.2 Å². The Morgan fingerprint density at radius 2 is 1.93 bits per heavy atom. The summed E-state index contributed by atoms with van der Waals surface area (Å²) in [4.78, 5) is 37.4. The van der Waals surface area contributed by atoms with Crippen LogP contribution in [0.5, 0.6) is 0 Å². The van der Waals surface area contributed by atoms with Crippen LogP contribution in [0.4, 0.5) is 11.8 Å². The Labute approximate surface area is 155 Å². The number of rotatable bonds is 1. The molecule has 0 unspecified atom stereocenters. The summed E-state index contributed by atoms with van der Waals surface area (Å²) in [5, 5.41) is 13.8. The number of H-pyrrole nitrogens is 1. The molecule has 2 bridgehead atoms. The van der Waals surface area contributed by atoms with Crippen LogP contribution in [0.2, 0.25) is 0 Å². The summed E-state index contributed by atoms with van der Waals surface area (Å²) in [6, 6.07) is 0.267. The monoisotopic (exact) mass is 381 g/mol. The summed E-state index contributed by atoms with van der Waals surface area (Å²) in [6.07, 6.45) is 1.63. The van der Waals surface area contributed by atoms with Crippen molar-refractivity contribution in [3.63, 3.8) is 0 Å². The van der Waals surface area contributed by atoms with Gasteiger partial charge in [0.05, 0.1) is 25.6 Å². The van der Waals surface area contributed by atoms with Crippen molar-refractivity contribution in [1.82, 2.24) is 24.8 Å². The van der Waals surface area contributed by atoms with Gasteiger partial charge < -0.3 is 35.5 Å². The summed E-state index contributed by atoms with van der Waals surface area (Å²) >= 11 is 0. The molecular formula is C15H23N7O5. The first-order valence-corrected chi connectivity index (χ1v) is 8.19. The van der Waals surface area contributed by atoms with E-state index in [-0.39, 0.29) is 24.9 Å². The number of aromatic nitrogens is 4. The van der Waals surface area contributed by atoms with Crippen LogP contribution >= 0.6 is 0 Å². The number of hydrogen-bond acceptors (Lipinski definition) is 9. The lowest BCUT2D eigenvalue weighted by Gasteiger charge is -2.30. The summed E-state index contributed by atoms with van der Waals surface area (Å²) in [5.41, 5.74) is 7.31. The number of nitrogens with one attached hydrogen (secondary N) is 1. The standard InChI is InChI=1S/C13H19N7O.2CH2O2/c1-19-2-8-3-20(9(4-19)6-21-5-8)12-10-11(16-7-15-10)17-13(14)18-12;2*2-1-3/h7-9H,2-6H2,1H3,(H3,14,15,16,17,18);2*1H,(H,2,3)/t8-,9-;;/m0../s1. The van der Waals surface area contributed by atoms with E-state index in [0.717, 1.165) is 37.6 Å². The van der Waals surface area contributed by atoms with Gasteiger partial charge >= 0.3 is 0 Å². The predicted octanol–water partition coefficient (Wildman–Crippen LogP) is -0.896. The van der Waals surface area contributed by atoms with E-state index in [9.17, 15) is 0 Å². The number of nitrogens with two attached hydrogens (primary N) is 1. The minimum atomic E-state index is -0.250. The van der Waals surface area contributed by atoms with Gasteiger partial charge in [0, 0.05) is 25.6 Å². The van der Waals surface area contributed by atoms with Crippen molar-refractivity contribution in [2.24, 2.45) is 5.92 Å². The highest BCUT2D eigenvalue weighted by Gasteiger charge is 2.34. The molecule has 2 aliphatic rings. The molecule has 12 heteroatoms.